The molecule has 1 aliphatic rings. The van der Waals surface area contributed by atoms with Gasteiger partial charge >= 0.3 is 0 Å². The summed E-state index contributed by atoms with van der Waals surface area (Å²) in [4.78, 5) is 12.8. The molecule has 26 heavy (non-hydrogen) atoms. The van der Waals surface area contributed by atoms with E-state index in [4.69, 9.17) is 14.2 Å². The summed E-state index contributed by atoms with van der Waals surface area (Å²) in [6.45, 7) is 2.72. The summed E-state index contributed by atoms with van der Waals surface area (Å²) in [5.74, 6) is 0.834. The molecule has 1 heterocycles. The first-order valence-corrected chi connectivity index (χ1v) is 8.92. The Labute approximate surface area is 154 Å². The molecule has 0 spiro atoms. The van der Waals surface area contributed by atoms with Crippen LogP contribution in [0, 0.1) is 6.92 Å². The number of allylic oxidation sites excluding steroid dienone is 1. The van der Waals surface area contributed by atoms with E-state index in [0.29, 0.717) is 23.7 Å². The number of carbonyl (C=O) groups is 1. The number of ketones is 1. The fraction of sp³-hybridized carbons (Fsp3) is 0.318. The molecule has 0 N–H and O–H groups in total. The Morgan fingerprint density at radius 1 is 1.12 bits per heavy atom. The predicted molar refractivity (Wildman–Crippen MR) is 102 cm³/mol. The van der Waals surface area contributed by atoms with E-state index in [9.17, 15) is 4.79 Å². The van der Waals surface area contributed by atoms with Gasteiger partial charge in [-0.3, -0.25) is 4.79 Å². The molecule has 4 nitrogen and oxygen atoms in total. The quantitative estimate of drug-likeness (QED) is 0.553. The van der Waals surface area contributed by atoms with Crippen LogP contribution in [0.15, 0.2) is 48.5 Å². The van der Waals surface area contributed by atoms with E-state index in [1.165, 1.54) is 5.56 Å². The van der Waals surface area contributed by atoms with Gasteiger partial charge in [0.2, 0.25) is 0 Å². The fourth-order valence-electron chi connectivity index (χ4n) is 2.90. The van der Waals surface area contributed by atoms with E-state index in [0.717, 1.165) is 24.8 Å². The average Bonchev–Trinajstić information content (AvgIpc) is 2.68. The molecule has 0 saturated carbocycles. The molecule has 0 radical (unpaired) electrons. The summed E-state index contributed by atoms with van der Waals surface area (Å²) in [7, 11) is 1.55. The zero-order valence-electron chi connectivity index (χ0n) is 15.2. The molecule has 4 heteroatoms. The molecular formula is C22H24O4. The first-order chi connectivity index (χ1) is 12.7. The highest BCUT2D eigenvalue weighted by Gasteiger charge is 2.21. The van der Waals surface area contributed by atoms with E-state index >= 15 is 0 Å². The van der Waals surface area contributed by atoms with Gasteiger partial charge in [0.05, 0.1) is 13.7 Å². The topological polar surface area (TPSA) is 44.8 Å². The minimum atomic E-state index is -0.316. The van der Waals surface area contributed by atoms with Gasteiger partial charge in [0, 0.05) is 6.42 Å². The normalized spacial score (nSPS) is 17.2. The van der Waals surface area contributed by atoms with E-state index in [1.807, 2.05) is 37.3 Å². The highest BCUT2D eigenvalue weighted by Crippen LogP contribution is 2.31. The molecule has 0 bridgehead atoms. The molecule has 1 unspecified atom stereocenters. The van der Waals surface area contributed by atoms with Crippen molar-refractivity contribution in [3.8, 4) is 11.5 Å². The molecule has 1 aliphatic heterocycles. The number of ether oxygens (including phenoxy) is 3. The third kappa shape index (κ3) is 4.52. The second kappa shape index (κ2) is 8.68. The number of hydrogen-bond acceptors (Lipinski definition) is 4. The monoisotopic (exact) mass is 352 g/mol. The Hall–Kier alpha value is -2.59. The van der Waals surface area contributed by atoms with Gasteiger partial charge in [-0.25, -0.2) is 0 Å². The minimum absolute atomic E-state index is 0.158. The Balaban J connectivity index is 1.83. The third-order valence-corrected chi connectivity index (χ3v) is 4.36. The van der Waals surface area contributed by atoms with Crippen molar-refractivity contribution in [2.45, 2.75) is 32.5 Å². The van der Waals surface area contributed by atoms with Crippen molar-refractivity contribution < 1.29 is 19.0 Å². The Kier molecular flexibility index (Phi) is 6.08. The van der Waals surface area contributed by atoms with Gasteiger partial charge in [0.15, 0.2) is 12.1 Å². The van der Waals surface area contributed by atoms with E-state index < -0.39 is 0 Å². The lowest BCUT2D eigenvalue weighted by molar-refractivity contribution is -0.106. The first-order valence-electron chi connectivity index (χ1n) is 8.92. The summed E-state index contributed by atoms with van der Waals surface area (Å²) < 4.78 is 17.0. The molecule has 1 fully saturated rings. The van der Waals surface area contributed by atoms with Crippen LogP contribution in [-0.4, -0.2) is 25.8 Å². The molecule has 0 amide bonds. The zero-order chi connectivity index (χ0) is 18.4. The highest BCUT2D eigenvalue weighted by atomic mass is 16.7. The van der Waals surface area contributed by atoms with Crippen LogP contribution < -0.4 is 9.47 Å². The van der Waals surface area contributed by atoms with Gasteiger partial charge in [0.1, 0.15) is 17.1 Å². The van der Waals surface area contributed by atoms with Gasteiger partial charge in [-0.1, -0.05) is 42.0 Å². The number of carbonyl (C=O) groups excluding carboxylic acids is 1. The SMILES string of the molecule is COc1cccc(OC2CCCCO2)c1C(=O)/C=C/c1ccc(C)cc1. The van der Waals surface area contributed by atoms with Gasteiger partial charge in [-0.15, -0.1) is 0 Å². The largest absolute Gasteiger partial charge is 0.496 e. The summed E-state index contributed by atoms with van der Waals surface area (Å²) in [5, 5.41) is 0. The van der Waals surface area contributed by atoms with Crippen molar-refractivity contribution in [1.82, 2.24) is 0 Å². The Morgan fingerprint density at radius 3 is 2.58 bits per heavy atom. The first kappa shape index (κ1) is 18.2. The number of benzene rings is 2. The standard InChI is InChI=1S/C22H24O4/c1-16-9-11-17(12-10-16)13-14-18(23)22-19(24-2)6-5-7-20(22)26-21-8-3-4-15-25-21/h5-7,9-14,21H,3-4,8,15H2,1-2H3/b14-13+. The van der Waals surface area contributed by atoms with Crippen molar-refractivity contribution in [3.63, 3.8) is 0 Å². The van der Waals surface area contributed by atoms with Gasteiger partial charge in [-0.05, 0) is 43.5 Å². The Morgan fingerprint density at radius 2 is 1.88 bits per heavy atom. The van der Waals surface area contributed by atoms with Gasteiger partial charge in [0.25, 0.3) is 0 Å². The summed E-state index contributed by atoms with van der Waals surface area (Å²) in [6.07, 6.45) is 5.97. The molecular weight excluding hydrogens is 328 g/mol. The molecule has 136 valence electrons. The number of aryl methyl sites for hydroxylation is 1. The van der Waals surface area contributed by atoms with E-state index in [2.05, 4.69) is 0 Å². The maximum Gasteiger partial charge on any atom is 0.199 e. The molecule has 1 atom stereocenters. The van der Waals surface area contributed by atoms with Crippen molar-refractivity contribution in [1.29, 1.82) is 0 Å². The molecule has 1 saturated heterocycles. The smallest absolute Gasteiger partial charge is 0.199 e. The second-order valence-electron chi connectivity index (χ2n) is 6.36. The van der Waals surface area contributed by atoms with Crippen LogP contribution >= 0.6 is 0 Å². The average molecular weight is 352 g/mol. The van der Waals surface area contributed by atoms with Crippen molar-refractivity contribution in [2.75, 3.05) is 13.7 Å². The second-order valence-corrected chi connectivity index (χ2v) is 6.36. The van der Waals surface area contributed by atoms with Crippen molar-refractivity contribution in [2.24, 2.45) is 0 Å². The predicted octanol–water partition coefficient (Wildman–Crippen LogP) is 4.81. The van der Waals surface area contributed by atoms with Crippen molar-refractivity contribution in [3.05, 3.63) is 65.2 Å². The number of rotatable bonds is 6. The zero-order valence-corrected chi connectivity index (χ0v) is 15.2. The van der Waals surface area contributed by atoms with E-state index in [1.54, 1.807) is 31.4 Å². The molecule has 0 aromatic heterocycles. The van der Waals surface area contributed by atoms with Crippen LogP contribution in [0.25, 0.3) is 6.08 Å². The summed E-state index contributed by atoms with van der Waals surface area (Å²) in [6, 6.07) is 13.4. The number of methoxy groups -OCH3 is 1. The lowest BCUT2D eigenvalue weighted by Gasteiger charge is -2.24. The summed E-state index contributed by atoms with van der Waals surface area (Å²) >= 11 is 0. The van der Waals surface area contributed by atoms with Crippen LogP contribution in [0.2, 0.25) is 0 Å². The van der Waals surface area contributed by atoms with Crippen LogP contribution in [0.4, 0.5) is 0 Å². The van der Waals surface area contributed by atoms with Gasteiger partial charge in [-0.2, -0.15) is 0 Å². The van der Waals surface area contributed by atoms with Crippen LogP contribution in [-0.2, 0) is 4.74 Å². The lowest BCUT2D eigenvalue weighted by atomic mass is 10.1. The van der Waals surface area contributed by atoms with Crippen LogP contribution in [0.5, 0.6) is 11.5 Å². The van der Waals surface area contributed by atoms with E-state index in [-0.39, 0.29) is 12.1 Å². The molecule has 2 aromatic rings. The lowest BCUT2D eigenvalue weighted by Crippen LogP contribution is -2.25. The minimum Gasteiger partial charge on any atom is -0.496 e. The summed E-state index contributed by atoms with van der Waals surface area (Å²) in [5.41, 5.74) is 2.57. The molecule has 0 aliphatic carbocycles. The number of hydrogen-bond donors (Lipinski definition) is 0. The Bertz CT molecular complexity index is 771. The molecule has 2 aromatic carbocycles. The highest BCUT2D eigenvalue weighted by molar-refractivity contribution is 6.10. The fourth-order valence-corrected chi connectivity index (χ4v) is 2.90. The van der Waals surface area contributed by atoms with Crippen molar-refractivity contribution >= 4 is 11.9 Å². The van der Waals surface area contributed by atoms with Gasteiger partial charge < -0.3 is 14.2 Å². The maximum atomic E-state index is 12.8. The van der Waals surface area contributed by atoms with Crippen LogP contribution in [0.1, 0.15) is 40.7 Å². The van der Waals surface area contributed by atoms with Crippen LogP contribution in [0.3, 0.4) is 0 Å². The third-order valence-electron chi connectivity index (χ3n) is 4.36. The maximum absolute atomic E-state index is 12.8. The molecule has 3 rings (SSSR count).